The first-order valence-corrected chi connectivity index (χ1v) is 13.7. The number of carbonyl (C=O) groups is 2. The molecular formula is C28H30N6O3S. The standard InChI is InChI=1S/C28H30N6O3S/c1-32(2)27-30-23(24(38-27)17-9-5-4-6-10-17)26(35)34-19-14-13-18(15-19)22(34)16-29-28(36)37-25-20-11-7-8-12-21(20)33(3)31-25/h4-12,18-19,22H,13-16H2,1-3H3,(H,29,36)/t18-,19+,22+/m0/s1. The summed E-state index contributed by atoms with van der Waals surface area (Å²) in [5.74, 6) is 0.538. The topological polar surface area (TPSA) is 92.6 Å². The number of likely N-dealkylation sites (tertiary alicyclic amines) is 1. The van der Waals surface area contributed by atoms with Crippen LogP contribution in [0.2, 0.25) is 0 Å². The smallest absolute Gasteiger partial charge is 0.389 e. The van der Waals surface area contributed by atoms with E-state index in [9.17, 15) is 9.59 Å². The normalized spacial score (nSPS) is 20.2. The molecule has 0 unspecified atom stereocenters. The second-order valence-electron chi connectivity index (χ2n) is 10.2. The zero-order valence-electron chi connectivity index (χ0n) is 21.6. The van der Waals surface area contributed by atoms with Crippen molar-refractivity contribution in [2.75, 3.05) is 25.5 Å². The Kier molecular flexibility index (Phi) is 6.27. The van der Waals surface area contributed by atoms with Crippen molar-refractivity contribution in [1.82, 2.24) is 25.0 Å². The summed E-state index contributed by atoms with van der Waals surface area (Å²) < 4.78 is 7.26. The van der Waals surface area contributed by atoms with Gasteiger partial charge in [-0.05, 0) is 42.9 Å². The zero-order chi connectivity index (χ0) is 26.4. The number of hydrogen-bond acceptors (Lipinski definition) is 7. The van der Waals surface area contributed by atoms with Crippen LogP contribution in [0.15, 0.2) is 54.6 Å². The summed E-state index contributed by atoms with van der Waals surface area (Å²) >= 11 is 1.52. The van der Waals surface area contributed by atoms with Crippen LogP contribution in [-0.2, 0) is 7.05 Å². The lowest BCUT2D eigenvalue weighted by molar-refractivity contribution is 0.0586. The first-order chi connectivity index (χ1) is 18.4. The maximum absolute atomic E-state index is 14.1. The third-order valence-corrected chi connectivity index (χ3v) is 8.85. The van der Waals surface area contributed by atoms with Crippen molar-refractivity contribution in [1.29, 1.82) is 0 Å². The molecule has 196 valence electrons. The van der Waals surface area contributed by atoms with Crippen LogP contribution in [0.3, 0.4) is 0 Å². The van der Waals surface area contributed by atoms with Crippen LogP contribution in [0, 0.1) is 5.92 Å². The number of carbonyl (C=O) groups excluding carboxylic acids is 2. The molecule has 3 atom stereocenters. The first-order valence-electron chi connectivity index (χ1n) is 12.8. The van der Waals surface area contributed by atoms with Gasteiger partial charge in [0, 0.05) is 33.7 Å². The van der Waals surface area contributed by atoms with Gasteiger partial charge in [-0.3, -0.25) is 9.48 Å². The van der Waals surface area contributed by atoms with E-state index in [0.717, 1.165) is 45.7 Å². The summed E-state index contributed by atoms with van der Waals surface area (Å²) in [4.78, 5) is 36.4. The van der Waals surface area contributed by atoms with E-state index in [2.05, 4.69) is 10.4 Å². The predicted octanol–water partition coefficient (Wildman–Crippen LogP) is 4.54. The average Bonchev–Trinajstić information content (AvgIpc) is 3.71. The second-order valence-corrected chi connectivity index (χ2v) is 11.1. The molecule has 2 fully saturated rings. The summed E-state index contributed by atoms with van der Waals surface area (Å²) in [5.41, 5.74) is 2.34. The van der Waals surface area contributed by atoms with E-state index < -0.39 is 6.09 Å². The van der Waals surface area contributed by atoms with Crippen molar-refractivity contribution in [3.8, 4) is 16.3 Å². The molecule has 10 heteroatoms. The van der Waals surface area contributed by atoms with Gasteiger partial charge in [0.1, 0.15) is 5.69 Å². The van der Waals surface area contributed by atoms with Crippen LogP contribution in [0.1, 0.15) is 29.8 Å². The lowest BCUT2D eigenvalue weighted by atomic mass is 9.98. The molecule has 0 radical (unpaired) electrons. The van der Waals surface area contributed by atoms with Crippen LogP contribution in [0.5, 0.6) is 5.88 Å². The number of amides is 2. The molecule has 1 saturated carbocycles. The number of anilines is 1. The largest absolute Gasteiger partial charge is 0.414 e. The minimum atomic E-state index is -0.572. The van der Waals surface area contributed by atoms with Gasteiger partial charge < -0.3 is 19.9 Å². The van der Waals surface area contributed by atoms with Crippen molar-refractivity contribution < 1.29 is 14.3 Å². The van der Waals surface area contributed by atoms with Crippen LogP contribution in [-0.4, -0.2) is 64.4 Å². The molecule has 1 aliphatic carbocycles. The van der Waals surface area contributed by atoms with E-state index >= 15 is 0 Å². The number of para-hydroxylation sites is 1. The number of fused-ring (bicyclic) bond motifs is 3. The lowest BCUT2D eigenvalue weighted by Crippen LogP contribution is -2.50. The molecular weight excluding hydrogens is 500 g/mol. The summed E-state index contributed by atoms with van der Waals surface area (Å²) in [6.07, 6.45) is 2.40. The molecule has 2 amide bonds. The van der Waals surface area contributed by atoms with Gasteiger partial charge in [0.25, 0.3) is 11.8 Å². The summed E-state index contributed by atoms with van der Waals surface area (Å²) in [6, 6.07) is 17.6. The van der Waals surface area contributed by atoms with Crippen LogP contribution in [0.4, 0.5) is 9.93 Å². The minimum Gasteiger partial charge on any atom is -0.389 e. The summed E-state index contributed by atoms with van der Waals surface area (Å²) in [5, 5.41) is 8.81. The van der Waals surface area contributed by atoms with Crippen molar-refractivity contribution >= 4 is 39.4 Å². The molecule has 2 bridgehead atoms. The number of nitrogens with zero attached hydrogens (tertiary/aromatic N) is 5. The molecule has 4 aromatic rings. The van der Waals surface area contributed by atoms with Crippen molar-refractivity contribution in [3.05, 3.63) is 60.3 Å². The van der Waals surface area contributed by atoms with Crippen LogP contribution < -0.4 is 15.0 Å². The Bertz CT molecular complexity index is 1500. The maximum Gasteiger partial charge on any atom is 0.414 e. The fourth-order valence-electron chi connectivity index (χ4n) is 5.79. The molecule has 9 nitrogen and oxygen atoms in total. The number of thiazole rings is 1. The third kappa shape index (κ3) is 4.28. The first kappa shape index (κ1) is 24.4. The number of benzene rings is 2. The van der Waals surface area contributed by atoms with Gasteiger partial charge in [-0.1, -0.05) is 53.8 Å². The zero-order valence-corrected chi connectivity index (χ0v) is 22.4. The highest BCUT2D eigenvalue weighted by molar-refractivity contribution is 7.19. The number of nitrogens with one attached hydrogen (secondary N) is 1. The van der Waals surface area contributed by atoms with Crippen molar-refractivity contribution in [3.63, 3.8) is 0 Å². The van der Waals surface area contributed by atoms with Gasteiger partial charge in [-0.15, -0.1) is 5.10 Å². The Labute approximate surface area is 225 Å². The van der Waals surface area contributed by atoms with Crippen molar-refractivity contribution in [2.45, 2.75) is 31.3 Å². The molecule has 6 rings (SSSR count). The fraction of sp³-hybridized carbons (Fsp3) is 0.357. The molecule has 2 aliphatic rings. The number of aryl methyl sites for hydroxylation is 1. The lowest BCUT2D eigenvalue weighted by Gasteiger charge is -2.35. The van der Waals surface area contributed by atoms with Gasteiger partial charge in [-0.2, -0.15) is 0 Å². The molecule has 0 spiro atoms. The highest BCUT2D eigenvalue weighted by atomic mass is 32.1. The van der Waals surface area contributed by atoms with E-state index in [1.807, 2.05) is 85.5 Å². The monoisotopic (exact) mass is 530 g/mol. The van der Waals surface area contributed by atoms with Gasteiger partial charge >= 0.3 is 6.09 Å². The number of piperidine rings is 1. The molecule has 3 heterocycles. The van der Waals surface area contributed by atoms with E-state index in [4.69, 9.17) is 9.72 Å². The fourth-order valence-corrected chi connectivity index (χ4v) is 6.78. The van der Waals surface area contributed by atoms with Gasteiger partial charge in [0.15, 0.2) is 5.13 Å². The van der Waals surface area contributed by atoms with Gasteiger partial charge in [0.05, 0.1) is 21.8 Å². The molecule has 38 heavy (non-hydrogen) atoms. The van der Waals surface area contributed by atoms with E-state index in [0.29, 0.717) is 18.2 Å². The number of hydrogen-bond donors (Lipinski definition) is 1. The quantitative estimate of drug-likeness (QED) is 0.393. The van der Waals surface area contributed by atoms with E-state index in [1.165, 1.54) is 11.3 Å². The Morgan fingerprint density at radius 2 is 1.87 bits per heavy atom. The van der Waals surface area contributed by atoms with Gasteiger partial charge in [0.2, 0.25) is 0 Å². The van der Waals surface area contributed by atoms with Crippen molar-refractivity contribution in [2.24, 2.45) is 13.0 Å². The van der Waals surface area contributed by atoms with E-state index in [1.54, 1.807) is 4.68 Å². The number of rotatable bonds is 6. The Morgan fingerprint density at radius 1 is 1.11 bits per heavy atom. The molecule has 1 N–H and O–H groups in total. The Balaban J connectivity index is 1.22. The van der Waals surface area contributed by atoms with Gasteiger partial charge in [-0.25, -0.2) is 9.78 Å². The number of ether oxygens (including phenoxy) is 1. The second kappa shape index (κ2) is 9.75. The molecule has 1 aliphatic heterocycles. The highest BCUT2D eigenvalue weighted by Crippen LogP contribution is 2.44. The van der Waals surface area contributed by atoms with E-state index in [-0.39, 0.29) is 23.9 Å². The Hall–Kier alpha value is -3.92. The number of aromatic nitrogens is 3. The molecule has 1 saturated heterocycles. The minimum absolute atomic E-state index is 0.0729. The highest BCUT2D eigenvalue weighted by Gasteiger charge is 2.49. The Morgan fingerprint density at radius 3 is 2.66 bits per heavy atom. The maximum atomic E-state index is 14.1. The molecule has 2 aromatic carbocycles. The SMILES string of the molecule is CN(C)c1nc(C(=O)N2[C@@H]3CC[C@@H](C3)[C@H]2CNC(=O)Oc2nn(C)c3ccccc23)c(-c2ccccc2)s1. The summed E-state index contributed by atoms with van der Waals surface area (Å²) in [7, 11) is 5.68. The van der Waals surface area contributed by atoms with Crippen LogP contribution >= 0.6 is 11.3 Å². The predicted molar refractivity (Wildman–Crippen MR) is 148 cm³/mol. The molecule has 2 aromatic heterocycles. The third-order valence-electron chi connectivity index (χ3n) is 7.58. The van der Waals surface area contributed by atoms with Crippen LogP contribution in [0.25, 0.3) is 21.3 Å². The average molecular weight is 531 g/mol. The summed E-state index contributed by atoms with van der Waals surface area (Å²) in [6.45, 7) is 0.321.